The number of carbonyl (C=O) groups excluding carboxylic acids is 1. The van der Waals surface area contributed by atoms with Gasteiger partial charge in [0.25, 0.3) is 0 Å². The molecule has 5 rings (SSSR count). The molecule has 5 aliphatic rings. The van der Waals surface area contributed by atoms with Crippen molar-refractivity contribution in [1.82, 2.24) is 0 Å². The highest BCUT2D eigenvalue weighted by molar-refractivity contribution is 6.01. The zero-order chi connectivity index (χ0) is 16.5. The molecule has 0 bridgehead atoms. The van der Waals surface area contributed by atoms with Gasteiger partial charge in [-0.1, -0.05) is 25.5 Å². The van der Waals surface area contributed by atoms with E-state index < -0.39 is 0 Å². The Morgan fingerprint density at radius 2 is 1.96 bits per heavy atom. The van der Waals surface area contributed by atoms with Crippen LogP contribution in [0.2, 0.25) is 0 Å². The van der Waals surface area contributed by atoms with Crippen molar-refractivity contribution < 1.29 is 19.0 Å². The summed E-state index contributed by atoms with van der Waals surface area (Å²) in [6, 6.07) is 0. The van der Waals surface area contributed by atoms with Crippen LogP contribution < -0.4 is 0 Å². The average Bonchev–Trinajstić information content (AvgIpc) is 2.89. The number of carbonyl (C=O) groups is 1. The molecule has 0 spiro atoms. The first-order valence-corrected chi connectivity index (χ1v) is 9.35. The van der Waals surface area contributed by atoms with Crippen LogP contribution in [0.25, 0.3) is 0 Å². The molecular formula is C20H26O4. The highest BCUT2D eigenvalue weighted by Gasteiger charge is 2.63. The Bertz CT molecular complexity index is 638. The number of fused-ring (bicyclic) bond motifs is 7. The molecule has 3 aliphatic carbocycles. The molecule has 4 nitrogen and oxygen atoms in total. The fourth-order valence-corrected chi connectivity index (χ4v) is 6.21. The number of ether oxygens (including phenoxy) is 3. The Morgan fingerprint density at radius 3 is 2.83 bits per heavy atom. The summed E-state index contributed by atoms with van der Waals surface area (Å²) in [4.78, 5) is 11.8. The number of ketones is 1. The SMILES string of the molecule is C[C@]12C=CC(=O)C=C1CC[C@@H]1[C@@H]2CC[C@]2(C)C3OCCOC3O[C@@H]12. The van der Waals surface area contributed by atoms with Crippen molar-refractivity contribution in [3.63, 3.8) is 0 Å². The molecule has 0 N–H and O–H groups in total. The summed E-state index contributed by atoms with van der Waals surface area (Å²) >= 11 is 0. The van der Waals surface area contributed by atoms with Gasteiger partial charge >= 0.3 is 0 Å². The van der Waals surface area contributed by atoms with Crippen LogP contribution in [0.1, 0.15) is 39.5 Å². The summed E-state index contributed by atoms with van der Waals surface area (Å²) in [6.45, 7) is 5.96. The van der Waals surface area contributed by atoms with Gasteiger partial charge in [-0.2, -0.15) is 0 Å². The number of hydrogen-bond donors (Lipinski definition) is 0. The van der Waals surface area contributed by atoms with E-state index >= 15 is 0 Å². The summed E-state index contributed by atoms with van der Waals surface area (Å²) in [5.74, 6) is 1.20. The highest BCUT2D eigenvalue weighted by Crippen LogP contribution is 2.62. The lowest BCUT2D eigenvalue weighted by atomic mass is 9.50. The molecule has 0 radical (unpaired) electrons. The van der Waals surface area contributed by atoms with Crippen molar-refractivity contribution >= 4 is 5.78 Å². The topological polar surface area (TPSA) is 44.8 Å². The van der Waals surface area contributed by atoms with E-state index in [9.17, 15) is 4.79 Å². The molecule has 2 saturated carbocycles. The molecule has 7 atom stereocenters. The van der Waals surface area contributed by atoms with Gasteiger partial charge in [-0.3, -0.25) is 4.79 Å². The van der Waals surface area contributed by atoms with E-state index in [4.69, 9.17) is 14.2 Å². The van der Waals surface area contributed by atoms with Crippen LogP contribution in [0.15, 0.2) is 23.8 Å². The lowest BCUT2D eigenvalue weighted by Crippen LogP contribution is -2.54. The van der Waals surface area contributed by atoms with Gasteiger partial charge in [0, 0.05) is 10.8 Å². The second-order valence-electron chi connectivity index (χ2n) is 8.63. The van der Waals surface area contributed by atoms with Gasteiger partial charge in [-0.05, 0) is 49.7 Å². The van der Waals surface area contributed by atoms with E-state index in [0.717, 1.165) is 19.3 Å². The average molecular weight is 330 g/mol. The maximum Gasteiger partial charge on any atom is 0.184 e. The van der Waals surface area contributed by atoms with Gasteiger partial charge < -0.3 is 14.2 Å². The van der Waals surface area contributed by atoms with E-state index in [-0.39, 0.29) is 35.1 Å². The molecule has 4 fully saturated rings. The van der Waals surface area contributed by atoms with E-state index in [2.05, 4.69) is 19.9 Å². The van der Waals surface area contributed by atoms with Crippen LogP contribution in [0.4, 0.5) is 0 Å². The van der Waals surface area contributed by atoms with E-state index in [1.165, 1.54) is 12.0 Å². The predicted octanol–water partition coefficient (Wildman–Crippen LogP) is 3.02. The molecule has 0 amide bonds. The maximum atomic E-state index is 11.8. The summed E-state index contributed by atoms with van der Waals surface area (Å²) in [6.07, 6.45) is 10.3. The van der Waals surface area contributed by atoms with Crippen molar-refractivity contribution in [3.05, 3.63) is 23.8 Å². The van der Waals surface area contributed by atoms with Gasteiger partial charge in [0.15, 0.2) is 12.1 Å². The first-order chi connectivity index (χ1) is 11.5. The van der Waals surface area contributed by atoms with Gasteiger partial charge in [0.2, 0.25) is 0 Å². The summed E-state index contributed by atoms with van der Waals surface area (Å²) in [7, 11) is 0. The van der Waals surface area contributed by atoms with Crippen LogP contribution in [0, 0.1) is 22.7 Å². The molecular weight excluding hydrogens is 304 g/mol. The van der Waals surface area contributed by atoms with Crippen molar-refractivity contribution in [2.45, 2.75) is 58.0 Å². The summed E-state index contributed by atoms with van der Waals surface area (Å²) < 4.78 is 18.4. The minimum atomic E-state index is -0.194. The molecule has 24 heavy (non-hydrogen) atoms. The predicted molar refractivity (Wildman–Crippen MR) is 88.2 cm³/mol. The normalized spacial score (nSPS) is 52.8. The van der Waals surface area contributed by atoms with E-state index in [0.29, 0.717) is 25.0 Å². The summed E-state index contributed by atoms with van der Waals surface area (Å²) in [5.41, 5.74) is 1.39. The fourth-order valence-electron chi connectivity index (χ4n) is 6.21. The largest absolute Gasteiger partial charge is 0.370 e. The monoisotopic (exact) mass is 330 g/mol. The number of hydrogen-bond acceptors (Lipinski definition) is 4. The smallest absolute Gasteiger partial charge is 0.184 e. The van der Waals surface area contributed by atoms with Crippen LogP contribution >= 0.6 is 0 Å². The first-order valence-electron chi connectivity index (χ1n) is 9.35. The van der Waals surface area contributed by atoms with Crippen molar-refractivity contribution in [1.29, 1.82) is 0 Å². The molecule has 4 heteroatoms. The fraction of sp³-hybridized carbons (Fsp3) is 0.750. The van der Waals surface area contributed by atoms with Gasteiger partial charge in [-0.25, -0.2) is 0 Å². The second kappa shape index (κ2) is 5.03. The number of rotatable bonds is 0. The first kappa shape index (κ1) is 15.3. The minimum Gasteiger partial charge on any atom is -0.370 e. The molecule has 2 aliphatic heterocycles. The minimum absolute atomic E-state index is 0.0109. The number of allylic oxidation sites excluding steroid dienone is 4. The van der Waals surface area contributed by atoms with Crippen molar-refractivity contribution in [2.24, 2.45) is 22.7 Å². The molecule has 0 aromatic heterocycles. The van der Waals surface area contributed by atoms with Crippen molar-refractivity contribution in [3.8, 4) is 0 Å². The van der Waals surface area contributed by atoms with Crippen molar-refractivity contribution in [2.75, 3.05) is 13.2 Å². The van der Waals surface area contributed by atoms with Crippen LogP contribution in [0.3, 0.4) is 0 Å². The lowest BCUT2D eigenvalue weighted by molar-refractivity contribution is -0.224. The molecule has 0 aromatic carbocycles. The van der Waals surface area contributed by atoms with Gasteiger partial charge in [0.05, 0.1) is 19.3 Å². The maximum absolute atomic E-state index is 11.8. The zero-order valence-electron chi connectivity index (χ0n) is 14.5. The Labute approximate surface area is 143 Å². The third-order valence-corrected chi connectivity index (χ3v) is 7.51. The molecule has 130 valence electrons. The van der Waals surface area contributed by atoms with Crippen LogP contribution in [0.5, 0.6) is 0 Å². The quantitative estimate of drug-likeness (QED) is 0.685. The van der Waals surface area contributed by atoms with Crippen LogP contribution in [-0.2, 0) is 19.0 Å². The van der Waals surface area contributed by atoms with Gasteiger partial charge in [0.1, 0.15) is 6.10 Å². The Balaban J connectivity index is 1.50. The third kappa shape index (κ3) is 1.88. The lowest BCUT2D eigenvalue weighted by Gasteiger charge is -2.55. The summed E-state index contributed by atoms with van der Waals surface area (Å²) in [5, 5.41) is 0. The van der Waals surface area contributed by atoms with Gasteiger partial charge in [-0.15, -0.1) is 0 Å². The molecule has 2 heterocycles. The second-order valence-corrected chi connectivity index (χ2v) is 8.63. The Hall–Kier alpha value is -0.970. The Kier molecular flexibility index (Phi) is 3.20. The molecule has 2 unspecified atom stereocenters. The molecule has 2 saturated heterocycles. The Morgan fingerprint density at radius 1 is 1.12 bits per heavy atom. The zero-order valence-corrected chi connectivity index (χ0v) is 14.5. The third-order valence-electron chi connectivity index (χ3n) is 7.51. The molecule has 0 aromatic rings. The van der Waals surface area contributed by atoms with Crippen LogP contribution in [-0.4, -0.2) is 37.5 Å². The van der Waals surface area contributed by atoms with E-state index in [1.807, 2.05) is 6.08 Å². The standard InChI is InChI=1S/C20H26O4/c1-19-7-5-13(21)11-12(19)3-4-14-15(19)6-8-20(2)16(14)24-18-17(20)22-9-10-23-18/h5,7,11,14-18H,3-4,6,8-10H2,1-2H3/t14-,15+,16+,17?,18?,19+,20+/m1/s1. The van der Waals surface area contributed by atoms with E-state index in [1.54, 1.807) is 6.08 Å². The highest BCUT2D eigenvalue weighted by atomic mass is 16.7.